The molecule has 1 aliphatic heterocycles. The van der Waals surface area contributed by atoms with Gasteiger partial charge in [0.15, 0.2) is 5.54 Å². The number of carbonyl (C=O) groups is 2. The van der Waals surface area contributed by atoms with Crippen molar-refractivity contribution in [1.82, 2.24) is 14.8 Å². The number of hydrogen-bond donors (Lipinski definition) is 1. The van der Waals surface area contributed by atoms with Crippen LogP contribution in [0.25, 0.3) is 10.2 Å². The van der Waals surface area contributed by atoms with E-state index in [1.807, 2.05) is 70.9 Å². The van der Waals surface area contributed by atoms with Gasteiger partial charge in [0.1, 0.15) is 5.69 Å². The van der Waals surface area contributed by atoms with Crippen molar-refractivity contribution in [3.05, 3.63) is 94.0 Å². The Hall–Kier alpha value is -3.09. The van der Waals surface area contributed by atoms with Crippen LogP contribution in [-0.2, 0) is 23.3 Å². The minimum Gasteiger partial charge on any atom is -0.351 e. The van der Waals surface area contributed by atoms with E-state index in [4.69, 9.17) is 11.6 Å². The SMILES string of the molecule is O=C1c2cc3sccc3n2C[C@@](C(=O)NC2CCCCCC2)(c2ccccc2)N1CCc1ccc(Cl)cc1. The van der Waals surface area contributed by atoms with Crippen LogP contribution in [0, 0.1) is 0 Å². The van der Waals surface area contributed by atoms with Gasteiger partial charge in [-0.3, -0.25) is 9.59 Å². The van der Waals surface area contributed by atoms with Crippen LogP contribution < -0.4 is 5.32 Å². The number of hydrogen-bond acceptors (Lipinski definition) is 3. The number of benzene rings is 2. The van der Waals surface area contributed by atoms with Gasteiger partial charge in [0.05, 0.1) is 16.8 Å². The maximum Gasteiger partial charge on any atom is 0.271 e. The predicted octanol–water partition coefficient (Wildman–Crippen LogP) is 6.79. The number of rotatable bonds is 6. The van der Waals surface area contributed by atoms with Gasteiger partial charge >= 0.3 is 0 Å². The first-order chi connectivity index (χ1) is 18.6. The molecular weight excluding hydrogens is 514 g/mol. The van der Waals surface area contributed by atoms with Gasteiger partial charge in [0, 0.05) is 17.6 Å². The monoisotopic (exact) mass is 545 g/mol. The number of aromatic nitrogens is 1. The molecule has 6 rings (SSSR count). The van der Waals surface area contributed by atoms with Crippen LogP contribution in [0.2, 0.25) is 5.02 Å². The van der Waals surface area contributed by atoms with Crippen LogP contribution in [0.3, 0.4) is 0 Å². The Bertz CT molecular complexity index is 1440. The van der Waals surface area contributed by atoms with Crippen molar-refractivity contribution in [2.24, 2.45) is 0 Å². The van der Waals surface area contributed by atoms with Crippen LogP contribution in [0.1, 0.15) is 60.1 Å². The summed E-state index contributed by atoms with van der Waals surface area (Å²) in [7, 11) is 0. The second-order valence-corrected chi connectivity index (χ2v) is 11.9. The third-order valence-electron chi connectivity index (χ3n) is 8.19. The minimum absolute atomic E-state index is 0.0808. The Kier molecular flexibility index (Phi) is 7.02. The third kappa shape index (κ3) is 4.54. The zero-order valence-corrected chi connectivity index (χ0v) is 22.9. The van der Waals surface area contributed by atoms with E-state index >= 15 is 0 Å². The first-order valence-corrected chi connectivity index (χ1v) is 14.8. The Balaban J connectivity index is 1.46. The molecule has 2 aliphatic rings. The van der Waals surface area contributed by atoms with Crippen LogP contribution >= 0.6 is 22.9 Å². The van der Waals surface area contributed by atoms with Crippen molar-refractivity contribution in [1.29, 1.82) is 0 Å². The van der Waals surface area contributed by atoms with Crippen molar-refractivity contribution in [3.63, 3.8) is 0 Å². The number of fused-ring (bicyclic) bond motifs is 3. The third-order valence-corrected chi connectivity index (χ3v) is 9.29. The highest BCUT2D eigenvalue weighted by molar-refractivity contribution is 7.17. The quantitative estimate of drug-likeness (QED) is 0.271. The molecule has 3 heterocycles. The van der Waals surface area contributed by atoms with Crippen molar-refractivity contribution >= 4 is 45.0 Å². The molecule has 0 unspecified atom stereocenters. The van der Waals surface area contributed by atoms with Gasteiger partial charge in [0.25, 0.3) is 11.8 Å². The zero-order valence-electron chi connectivity index (χ0n) is 21.4. The number of nitrogens with zero attached hydrogens (tertiary/aromatic N) is 2. The molecular formula is C31H32ClN3O2S. The molecule has 0 bridgehead atoms. The fraction of sp³-hybridized carbons (Fsp3) is 0.355. The topological polar surface area (TPSA) is 54.3 Å². The smallest absolute Gasteiger partial charge is 0.271 e. The summed E-state index contributed by atoms with van der Waals surface area (Å²) in [6.45, 7) is 0.809. The molecule has 0 saturated heterocycles. The van der Waals surface area contributed by atoms with Crippen LogP contribution in [-0.4, -0.2) is 33.9 Å². The average molecular weight is 546 g/mol. The van der Waals surface area contributed by atoms with Crippen LogP contribution in [0.15, 0.2) is 72.1 Å². The fourth-order valence-electron chi connectivity index (χ4n) is 6.15. The normalized spacial score (nSPS) is 20.3. The maximum absolute atomic E-state index is 14.6. The molecule has 2 amide bonds. The molecule has 1 N–H and O–H groups in total. The average Bonchev–Trinajstić information content (AvgIpc) is 3.43. The van der Waals surface area contributed by atoms with E-state index in [-0.39, 0.29) is 17.9 Å². The van der Waals surface area contributed by atoms with E-state index in [1.54, 1.807) is 11.3 Å². The fourth-order valence-corrected chi connectivity index (χ4v) is 7.10. The Morgan fingerprint density at radius 3 is 2.47 bits per heavy atom. The first kappa shape index (κ1) is 25.2. The molecule has 1 aliphatic carbocycles. The molecule has 7 heteroatoms. The molecule has 2 aromatic carbocycles. The molecule has 196 valence electrons. The Morgan fingerprint density at radius 1 is 1.00 bits per heavy atom. The highest BCUT2D eigenvalue weighted by atomic mass is 35.5. The van der Waals surface area contributed by atoms with E-state index < -0.39 is 5.54 Å². The second-order valence-electron chi connectivity index (χ2n) is 10.5. The van der Waals surface area contributed by atoms with E-state index in [0.717, 1.165) is 47.0 Å². The number of nitrogens with one attached hydrogen (secondary N) is 1. The van der Waals surface area contributed by atoms with Gasteiger partial charge in [-0.1, -0.05) is 79.7 Å². The van der Waals surface area contributed by atoms with Gasteiger partial charge < -0.3 is 14.8 Å². The summed E-state index contributed by atoms with van der Waals surface area (Å²) in [5.41, 5.74) is 2.43. The molecule has 2 aromatic heterocycles. The Labute approximate surface area is 232 Å². The second kappa shape index (κ2) is 10.6. The van der Waals surface area contributed by atoms with E-state index in [0.29, 0.717) is 30.2 Å². The molecule has 5 nitrogen and oxygen atoms in total. The lowest BCUT2D eigenvalue weighted by Gasteiger charge is -2.47. The van der Waals surface area contributed by atoms with Crippen molar-refractivity contribution in [3.8, 4) is 0 Å². The lowest BCUT2D eigenvalue weighted by molar-refractivity contribution is -0.135. The highest BCUT2D eigenvalue weighted by Gasteiger charge is 2.52. The maximum atomic E-state index is 14.6. The first-order valence-electron chi connectivity index (χ1n) is 13.6. The Morgan fingerprint density at radius 2 is 1.74 bits per heavy atom. The van der Waals surface area contributed by atoms with E-state index in [9.17, 15) is 9.59 Å². The lowest BCUT2D eigenvalue weighted by atomic mass is 9.83. The summed E-state index contributed by atoms with van der Waals surface area (Å²) >= 11 is 7.75. The molecule has 0 radical (unpaired) electrons. The van der Waals surface area contributed by atoms with Crippen LogP contribution in [0.5, 0.6) is 0 Å². The number of thiophene rings is 1. The summed E-state index contributed by atoms with van der Waals surface area (Å²) in [5, 5.41) is 6.16. The standard InChI is InChI=1S/C31H32ClN3O2S/c32-24-14-12-22(13-15-24)16-18-35-29(36)27-20-28-26(17-19-38-28)34(27)21-31(35,23-8-4-3-5-9-23)30(37)33-25-10-6-1-2-7-11-25/h3-5,8-9,12-15,17,19-20,25H,1-2,6-7,10-11,16,18,21H2,(H,33,37)/t31-/m0/s1. The summed E-state index contributed by atoms with van der Waals surface area (Å²) in [6.07, 6.45) is 7.27. The number of halogens is 1. The number of carbonyl (C=O) groups excluding carboxylic acids is 2. The van der Waals surface area contributed by atoms with Crippen molar-refractivity contribution in [2.75, 3.05) is 6.54 Å². The van der Waals surface area contributed by atoms with Gasteiger partial charge in [0.2, 0.25) is 0 Å². The lowest BCUT2D eigenvalue weighted by Crippen LogP contribution is -2.64. The van der Waals surface area contributed by atoms with Crippen molar-refractivity contribution in [2.45, 2.75) is 63.1 Å². The van der Waals surface area contributed by atoms with Gasteiger partial charge in [-0.05, 0) is 60.0 Å². The summed E-state index contributed by atoms with van der Waals surface area (Å²) in [6, 6.07) is 21.8. The van der Waals surface area contributed by atoms with Gasteiger partial charge in [-0.25, -0.2) is 0 Å². The summed E-state index contributed by atoms with van der Waals surface area (Å²) in [5.74, 6) is -0.184. The summed E-state index contributed by atoms with van der Waals surface area (Å²) in [4.78, 5) is 30.7. The molecule has 0 spiro atoms. The highest BCUT2D eigenvalue weighted by Crippen LogP contribution is 2.40. The molecule has 38 heavy (non-hydrogen) atoms. The van der Waals surface area contributed by atoms with E-state index in [1.165, 1.54) is 12.8 Å². The predicted molar refractivity (Wildman–Crippen MR) is 154 cm³/mol. The summed E-state index contributed by atoms with van der Waals surface area (Å²) < 4.78 is 3.13. The largest absolute Gasteiger partial charge is 0.351 e. The van der Waals surface area contributed by atoms with Crippen molar-refractivity contribution < 1.29 is 9.59 Å². The van der Waals surface area contributed by atoms with Gasteiger partial charge in [-0.15, -0.1) is 11.3 Å². The van der Waals surface area contributed by atoms with Crippen LogP contribution in [0.4, 0.5) is 0 Å². The van der Waals surface area contributed by atoms with E-state index in [2.05, 4.69) is 16.0 Å². The molecule has 1 saturated carbocycles. The van der Waals surface area contributed by atoms with Gasteiger partial charge in [-0.2, -0.15) is 0 Å². The zero-order chi connectivity index (χ0) is 26.1. The molecule has 1 fully saturated rings. The number of amides is 2. The molecule has 1 atom stereocenters. The minimum atomic E-state index is -1.15. The molecule has 4 aromatic rings.